The van der Waals surface area contributed by atoms with Gasteiger partial charge in [-0.3, -0.25) is 4.98 Å². The Morgan fingerprint density at radius 1 is 1.35 bits per heavy atom. The average Bonchev–Trinajstić information content (AvgIpc) is 2.64. The van der Waals surface area contributed by atoms with Crippen molar-refractivity contribution >= 4 is 21.9 Å². The Bertz CT molecular complexity index is 518. The van der Waals surface area contributed by atoms with Gasteiger partial charge in [-0.25, -0.2) is 0 Å². The maximum atomic E-state index is 5.12. The van der Waals surface area contributed by atoms with Gasteiger partial charge in [0.05, 0.1) is 0 Å². The molecule has 17 heavy (non-hydrogen) atoms. The van der Waals surface area contributed by atoms with Crippen molar-refractivity contribution in [3.63, 3.8) is 0 Å². The normalized spacial score (nSPS) is 11.5. The van der Waals surface area contributed by atoms with E-state index in [-0.39, 0.29) is 5.54 Å². The number of hydrogen-bond donors (Lipinski definition) is 1. The zero-order valence-electron chi connectivity index (χ0n) is 9.86. The molecule has 2 heterocycles. The predicted octanol–water partition coefficient (Wildman–Crippen LogP) is 3.10. The summed E-state index contributed by atoms with van der Waals surface area (Å²) in [5, 5.41) is 7.00. The number of pyridine rings is 1. The van der Waals surface area contributed by atoms with Crippen LogP contribution in [0.1, 0.15) is 20.8 Å². The minimum Gasteiger partial charge on any atom is -0.333 e. The molecule has 5 nitrogen and oxygen atoms in total. The number of nitrogens with one attached hydrogen (secondary N) is 1. The lowest BCUT2D eigenvalue weighted by Gasteiger charge is -2.17. The second-order valence-electron chi connectivity index (χ2n) is 4.63. The van der Waals surface area contributed by atoms with Crippen molar-refractivity contribution in [2.45, 2.75) is 26.3 Å². The van der Waals surface area contributed by atoms with Crippen molar-refractivity contribution in [1.82, 2.24) is 15.1 Å². The van der Waals surface area contributed by atoms with Gasteiger partial charge < -0.3 is 9.84 Å². The highest BCUT2D eigenvalue weighted by molar-refractivity contribution is 9.10. The average molecular weight is 297 g/mol. The van der Waals surface area contributed by atoms with E-state index in [1.54, 1.807) is 6.20 Å². The van der Waals surface area contributed by atoms with Crippen LogP contribution in [0.25, 0.3) is 11.5 Å². The van der Waals surface area contributed by atoms with Crippen molar-refractivity contribution in [3.8, 4) is 11.5 Å². The van der Waals surface area contributed by atoms with Gasteiger partial charge in [-0.1, -0.05) is 5.16 Å². The van der Waals surface area contributed by atoms with Gasteiger partial charge in [0, 0.05) is 16.2 Å². The van der Waals surface area contributed by atoms with E-state index in [9.17, 15) is 0 Å². The third-order valence-corrected chi connectivity index (χ3v) is 2.52. The zero-order valence-corrected chi connectivity index (χ0v) is 11.4. The van der Waals surface area contributed by atoms with Gasteiger partial charge >= 0.3 is 6.01 Å². The summed E-state index contributed by atoms with van der Waals surface area (Å²) in [4.78, 5) is 8.44. The summed E-state index contributed by atoms with van der Waals surface area (Å²) in [7, 11) is 0. The molecule has 0 amide bonds. The highest BCUT2D eigenvalue weighted by Gasteiger charge is 2.16. The number of aromatic nitrogens is 3. The summed E-state index contributed by atoms with van der Waals surface area (Å²) in [5.74, 6) is 0.462. The first-order chi connectivity index (χ1) is 7.96. The van der Waals surface area contributed by atoms with Crippen molar-refractivity contribution in [2.24, 2.45) is 0 Å². The standard InChI is InChI=1S/C11H13BrN4O/c1-11(2,3)15-10-14-9(16-17-10)8-7(12)5-4-6-13-8/h4-6H,1-3H3,(H,14,15,16). The number of rotatable bonds is 2. The van der Waals surface area contributed by atoms with Gasteiger partial charge in [0.25, 0.3) is 0 Å². The lowest BCUT2D eigenvalue weighted by molar-refractivity contribution is 0.420. The predicted molar refractivity (Wildman–Crippen MR) is 68.6 cm³/mol. The van der Waals surface area contributed by atoms with Crippen molar-refractivity contribution in [3.05, 3.63) is 22.8 Å². The molecule has 0 spiro atoms. The quantitative estimate of drug-likeness (QED) is 0.922. The molecule has 1 N–H and O–H groups in total. The Kier molecular flexibility index (Phi) is 3.15. The summed E-state index contributed by atoms with van der Waals surface area (Å²) in [6.07, 6.45) is 1.69. The van der Waals surface area contributed by atoms with Crippen LogP contribution in [-0.4, -0.2) is 20.7 Å². The van der Waals surface area contributed by atoms with Crippen LogP contribution in [0.4, 0.5) is 6.01 Å². The summed E-state index contributed by atoms with van der Waals surface area (Å²) < 4.78 is 5.95. The monoisotopic (exact) mass is 296 g/mol. The summed E-state index contributed by atoms with van der Waals surface area (Å²) in [6.45, 7) is 6.06. The number of nitrogens with zero attached hydrogens (tertiary/aromatic N) is 3. The summed E-state index contributed by atoms with van der Waals surface area (Å²) >= 11 is 3.40. The Morgan fingerprint density at radius 3 is 2.76 bits per heavy atom. The van der Waals surface area contributed by atoms with Crippen LogP contribution >= 0.6 is 15.9 Å². The Balaban J connectivity index is 2.28. The van der Waals surface area contributed by atoms with Crippen LogP contribution in [0.15, 0.2) is 27.3 Å². The van der Waals surface area contributed by atoms with Crippen LogP contribution in [-0.2, 0) is 0 Å². The first kappa shape index (κ1) is 12.0. The second kappa shape index (κ2) is 4.44. The summed E-state index contributed by atoms with van der Waals surface area (Å²) in [5.41, 5.74) is 0.545. The van der Waals surface area contributed by atoms with Gasteiger partial charge in [-0.15, -0.1) is 0 Å². The molecule has 0 fully saturated rings. The van der Waals surface area contributed by atoms with E-state index in [1.807, 2.05) is 32.9 Å². The van der Waals surface area contributed by atoms with E-state index in [2.05, 4.69) is 36.4 Å². The molecule has 0 unspecified atom stereocenters. The van der Waals surface area contributed by atoms with Crippen molar-refractivity contribution < 1.29 is 4.52 Å². The molecule has 0 aromatic carbocycles. The minimum atomic E-state index is -0.120. The lowest BCUT2D eigenvalue weighted by Crippen LogP contribution is -2.26. The smallest absolute Gasteiger partial charge is 0.322 e. The van der Waals surface area contributed by atoms with Crippen LogP contribution in [0, 0.1) is 0 Å². The van der Waals surface area contributed by atoms with E-state index in [4.69, 9.17) is 4.52 Å². The van der Waals surface area contributed by atoms with Crippen LogP contribution in [0.3, 0.4) is 0 Å². The maximum absolute atomic E-state index is 5.12. The van der Waals surface area contributed by atoms with Gasteiger partial charge in [-0.2, -0.15) is 4.98 Å². The molecule has 90 valence electrons. The summed E-state index contributed by atoms with van der Waals surface area (Å²) in [6, 6.07) is 4.11. The van der Waals surface area contributed by atoms with Gasteiger partial charge in [0.1, 0.15) is 5.69 Å². The Labute approximate surface area is 108 Å². The zero-order chi connectivity index (χ0) is 12.5. The minimum absolute atomic E-state index is 0.120. The highest BCUT2D eigenvalue weighted by atomic mass is 79.9. The van der Waals surface area contributed by atoms with Gasteiger partial charge in [0.2, 0.25) is 5.82 Å². The third-order valence-electron chi connectivity index (χ3n) is 1.88. The molecule has 0 saturated heterocycles. The fraction of sp³-hybridized carbons (Fsp3) is 0.364. The topological polar surface area (TPSA) is 63.8 Å². The van der Waals surface area contributed by atoms with Crippen LogP contribution < -0.4 is 5.32 Å². The molecule has 0 aliphatic heterocycles. The molecule has 0 aliphatic carbocycles. The highest BCUT2D eigenvalue weighted by Crippen LogP contribution is 2.24. The lowest BCUT2D eigenvalue weighted by atomic mass is 10.1. The molecule has 6 heteroatoms. The van der Waals surface area contributed by atoms with Crippen LogP contribution in [0.5, 0.6) is 0 Å². The van der Waals surface area contributed by atoms with Crippen molar-refractivity contribution in [1.29, 1.82) is 0 Å². The number of hydrogen-bond acceptors (Lipinski definition) is 5. The van der Waals surface area contributed by atoms with Gasteiger partial charge in [0.15, 0.2) is 0 Å². The number of halogens is 1. The molecule has 0 radical (unpaired) electrons. The first-order valence-corrected chi connectivity index (χ1v) is 5.98. The third kappa shape index (κ3) is 3.03. The molecule has 2 aromatic heterocycles. The van der Waals surface area contributed by atoms with E-state index < -0.39 is 0 Å². The fourth-order valence-electron chi connectivity index (χ4n) is 1.24. The molecule has 0 aliphatic rings. The maximum Gasteiger partial charge on any atom is 0.322 e. The molecule has 2 aromatic rings. The number of anilines is 1. The Hall–Kier alpha value is -1.43. The van der Waals surface area contributed by atoms with E-state index in [0.717, 1.165) is 4.47 Å². The SMILES string of the molecule is CC(C)(C)Nc1nc(-c2ncccc2Br)no1. The van der Waals surface area contributed by atoms with Crippen LogP contribution in [0.2, 0.25) is 0 Å². The fourth-order valence-corrected chi connectivity index (χ4v) is 1.67. The molecule has 0 bridgehead atoms. The molecular weight excluding hydrogens is 284 g/mol. The van der Waals surface area contributed by atoms with E-state index in [0.29, 0.717) is 17.5 Å². The first-order valence-electron chi connectivity index (χ1n) is 5.18. The molecular formula is C11H13BrN4O. The molecule has 0 saturated carbocycles. The molecule has 2 rings (SSSR count). The Morgan fingerprint density at radius 2 is 2.12 bits per heavy atom. The molecule has 0 atom stereocenters. The van der Waals surface area contributed by atoms with E-state index >= 15 is 0 Å². The van der Waals surface area contributed by atoms with Gasteiger partial charge in [-0.05, 0) is 48.8 Å². The largest absolute Gasteiger partial charge is 0.333 e. The van der Waals surface area contributed by atoms with Crippen molar-refractivity contribution in [2.75, 3.05) is 5.32 Å². The second-order valence-corrected chi connectivity index (χ2v) is 5.49. The van der Waals surface area contributed by atoms with E-state index in [1.165, 1.54) is 0 Å².